The first-order valence-corrected chi connectivity index (χ1v) is 23.0. The van der Waals surface area contributed by atoms with Gasteiger partial charge in [-0.15, -0.1) is 0 Å². The van der Waals surface area contributed by atoms with E-state index in [4.69, 9.17) is 23.7 Å². The van der Waals surface area contributed by atoms with Gasteiger partial charge in [0, 0.05) is 110 Å². The third-order valence-corrected chi connectivity index (χ3v) is 11.9. The second kappa shape index (κ2) is 22.2. The van der Waals surface area contributed by atoms with Crippen LogP contribution in [0.3, 0.4) is 0 Å². The van der Waals surface area contributed by atoms with E-state index in [1.54, 1.807) is 72.1 Å². The molecule has 1 amide bonds. The largest absolute Gasteiger partial charge is 0.486 e. The van der Waals surface area contributed by atoms with E-state index in [2.05, 4.69) is 19.9 Å². The minimum Gasteiger partial charge on any atom is -0.486 e. The van der Waals surface area contributed by atoms with E-state index in [1.165, 1.54) is 10.6 Å². The van der Waals surface area contributed by atoms with Gasteiger partial charge in [0.1, 0.15) is 25.1 Å². The van der Waals surface area contributed by atoms with Crippen molar-refractivity contribution in [3.05, 3.63) is 147 Å². The van der Waals surface area contributed by atoms with E-state index < -0.39 is 5.60 Å². The number of rotatable bonds is 10. The Morgan fingerprint density at radius 1 is 0.681 bits per heavy atom. The summed E-state index contributed by atoms with van der Waals surface area (Å²) in [6.45, 7) is 11.9. The lowest BCUT2D eigenvalue weighted by Crippen LogP contribution is -2.49. The lowest BCUT2D eigenvalue weighted by molar-refractivity contribution is -0.108. The molecular weight excluding hydrogens is 885 g/mol. The van der Waals surface area contributed by atoms with Crippen molar-refractivity contribution in [3.63, 3.8) is 0 Å². The van der Waals surface area contributed by atoms with Crippen molar-refractivity contribution in [1.82, 2.24) is 38.5 Å². The van der Waals surface area contributed by atoms with Gasteiger partial charge in [-0.05, 0) is 87.7 Å². The third-order valence-electron chi connectivity index (χ3n) is 11.9. The molecule has 0 spiro atoms. The highest BCUT2D eigenvalue weighted by Gasteiger charge is 2.32. The Morgan fingerprint density at radius 3 is 1.80 bits per heavy atom. The minimum absolute atomic E-state index is 0.00545. The molecule has 69 heavy (non-hydrogen) atoms. The van der Waals surface area contributed by atoms with Crippen LogP contribution in [0.1, 0.15) is 39.2 Å². The van der Waals surface area contributed by atoms with Crippen LogP contribution in [-0.2, 0) is 45.2 Å². The van der Waals surface area contributed by atoms with Crippen LogP contribution in [0.2, 0.25) is 0 Å². The van der Waals surface area contributed by atoms with Crippen LogP contribution in [0.4, 0.5) is 4.79 Å². The van der Waals surface area contributed by atoms with Crippen LogP contribution >= 0.6 is 0 Å². The van der Waals surface area contributed by atoms with Crippen molar-refractivity contribution in [2.24, 2.45) is 0 Å². The van der Waals surface area contributed by atoms with Crippen LogP contribution in [0.15, 0.2) is 124 Å². The van der Waals surface area contributed by atoms with Crippen molar-refractivity contribution in [1.29, 1.82) is 0 Å². The molecule has 360 valence electrons. The maximum atomic E-state index is 13.3. The number of benzene rings is 1. The normalized spacial score (nSPS) is 15.2. The van der Waals surface area contributed by atoms with Gasteiger partial charge in [-0.1, -0.05) is 6.07 Å². The van der Waals surface area contributed by atoms with E-state index in [-0.39, 0.29) is 41.6 Å². The van der Waals surface area contributed by atoms with Gasteiger partial charge in [0.05, 0.1) is 42.9 Å². The molecular formula is C51H56N8O10. The van der Waals surface area contributed by atoms with Crippen LogP contribution in [0.25, 0.3) is 32.7 Å². The molecule has 0 unspecified atom stereocenters. The number of amides is 1. The van der Waals surface area contributed by atoms with Gasteiger partial charge in [0.2, 0.25) is 0 Å². The summed E-state index contributed by atoms with van der Waals surface area (Å²) in [4.78, 5) is 75.9. The van der Waals surface area contributed by atoms with Crippen molar-refractivity contribution < 1.29 is 33.3 Å². The first kappa shape index (κ1) is 48.2. The molecule has 9 heterocycles. The first-order chi connectivity index (χ1) is 33.4. The Balaban J connectivity index is 0.000000168. The van der Waals surface area contributed by atoms with E-state index in [0.29, 0.717) is 58.1 Å². The number of fused-ring (bicyclic) bond motifs is 4. The Hall–Kier alpha value is -7.28. The fourth-order valence-electron chi connectivity index (χ4n) is 8.52. The molecule has 0 saturated carbocycles. The molecule has 0 atom stereocenters. The summed E-state index contributed by atoms with van der Waals surface area (Å²) in [6.07, 6.45) is 11.9. The lowest BCUT2D eigenvalue weighted by Gasteiger charge is -2.39. The number of pyridine rings is 6. The highest BCUT2D eigenvalue weighted by molar-refractivity contribution is 5.79. The Labute approximate surface area is 397 Å². The quantitative estimate of drug-likeness (QED) is 0.158. The Bertz CT molecular complexity index is 3080. The number of aromatic nitrogens is 6. The highest BCUT2D eigenvalue weighted by atomic mass is 16.7. The van der Waals surface area contributed by atoms with Crippen LogP contribution in [0, 0.1) is 0 Å². The van der Waals surface area contributed by atoms with E-state index >= 15 is 0 Å². The molecule has 6 aromatic heterocycles. The zero-order chi connectivity index (χ0) is 48.3. The predicted molar refractivity (Wildman–Crippen MR) is 258 cm³/mol. The van der Waals surface area contributed by atoms with Crippen LogP contribution < -0.4 is 26.2 Å². The summed E-state index contributed by atoms with van der Waals surface area (Å²) < 4.78 is 32.8. The van der Waals surface area contributed by atoms with Gasteiger partial charge in [0.25, 0.3) is 16.7 Å². The zero-order valence-corrected chi connectivity index (χ0v) is 39.0. The molecule has 0 bridgehead atoms. The van der Waals surface area contributed by atoms with Gasteiger partial charge in [-0.3, -0.25) is 29.3 Å². The topological polar surface area (TPSA) is 191 Å². The number of aldehydes is 1. The molecule has 18 nitrogen and oxygen atoms in total. The van der Waals surface area contributed by atoms with Crippen molar-refractivity contribution in [2.75, 3.05) is 46.1 Å². The zero-order valence-electron chi connectivity index (χ0n) is 39.0. The maximum Gasteiger partial charge on any atom is 0.410 e. The van der Waals surface area contributed by atoms with Crippen molar-refractivity contribution in [2.45, 2.75) is 77.7 Å². The number of hydrogen-bond donors (Lipinski definition) is 0. The maximum absolute atomic E-state index is 13.3. The Morgan fingerprint density at radius 2 is 1.22 bits per heavy atom. The molecule has 3 aliphatic heterocycles. The van der Waals surface area contributed by atoms with Crippen molar-refractivity contribution in [3.8, 4) is 11.5 Å². The highest BCUT2D eigenvalue weighted by Crippen LogP contribution is 2.32. The second-order valence-electron chi connectivity index (χ2n) is 17.7. The van der Waals surface area contributed by atoms with E-state index in [9.17, 15) is 24.0 Å². The summed E-state index contributed by atoms with van der Waals surface area (Å²) in [6, 6.07) is 21.2. The fourth-order valence-corrected chi connectivity index (χ4v) is 8.52. The van der Waals surface area contributed by atoms with E-state index in [1.807, 2.05) is 66.6 Å². The van der Waals surface area contributed by atoms with Crippen LogP contribution in [-0.4, -0.2) is 115 Å². The van der Waals surface area contributed by atoms with Gasteiger partial charge in [-0.2, -0.15) is 0 Å². The summed E-state index contributed by atoms with van der Waals surface area (Å²) in [5.41, 5.74) is 2.66. The smallest absolute Gasteiger partial charge is 0.410 e. The molecule has 0 N–H and O–H groups in total. The lowest BCUT2D eigenvalue weighted by atomic mass is 10.0. The average molecular weight is 941 g/mol. The standard InChI is InChI=1S/C29H36N4O5.C12H12N2O3.C10H8N2O2/c1-29(2,3)38-28(35)33(20-21-4-6-25-26(18-21)37-17-16-36-25)23-9-12-31(13-10-23)14-15-32-24-8-11-30-19-22(24)5-7-27(32)34;15-11-2-1-9-7-13-4-3-10(9)14(11)8-12-16-5-6-17-12;13-6-5-12-9-3-4-11-7-8(9)1-2-10(12)14/h4-8,11,18-19,23H,9-10,12-17,20H2,1-3H3;1-4,7,12H,5-6,8H2;1-4,6-7H,5H2. The second-order valence-corrected chi connectivity index (χ2v) is 17.7. The van der Waals surface area contributed by atoms with E-state index in [0.717, 1.165) is 76.5 Å². The van der Waals surface area contributed by atoms with Gasteiger partial charge < -0.3 is 52.0 Å². The fraction of sp³-hybridized carbons (Fsp3) is 0.373. The number of hydrogen-bond acceptors (Lipinski definition) is 14. The number of piperidine rings is 1. The summed E-state index contributed by atoms with van der Waals surface area (Å²) in [5, 5.41) is 2.75. The summed E-state index contributed by atoms with van der Waals surface area (Å²) in [5.74, 6) is 1.45. The average Bonchev–Trinajstić information content (AvgIpc) is 3.88. The monoisotopic (exact) mass is 940 g/mol. The number of likely N-dealkylation sites (tertiary alicyclic amines) is 1. The molecule has 0 radical (unpaired) electrons. The molecule has 1 aromatic carbocycles. The number of nitrogens with zero attached hydrogens (tertiary/aromatic N) is 8. The van der Waals surface area contributed by atoms with Gasteiger partial charge in [0.15, 0.2) is 17.8 Å². The Kier molecular flexibility index (Phi) is 15.5. The predicted octanol–water partition coefficient (Wildman–Crippen LogP) is 5.43. The molecule has 3 aliphatic rings. The molecule has 18 heteroatoms. The number of ether oxygens (including phenoxy) is 5. The summed E-state index contributed by atoms with van der Waals surface area (Å²) >= 11 is 0. The third kappa shape index (κ3) is 12.3. The van der Waals surface area contributed by atoms with Crippen molar-refractivity contribution >= 4 is 45.1 Å². The first-order valence-electron chi connectivity index (χ1n) is 23.0. The number of carbonyl (C=O) groups excluding carboxylic acids is 2. The van der Waals surface area contributed by atoms with Crippen LogP contribution in [0.5, 0.6) is 11.5 Å². The van der Waals surface area contributed by atoms with Gasteiger partial charge >= 0.3 is 6.09 Å². The molecule has 7 aromatic rings. The molecule has 0 aliphatic carbocycles. The SMILES string of the molecule is CC(C)(C)OC(=O)N(Cc1ccc2c(c1)OCCO2)C1CCN(CCn2c(=O)ccc3cnccc32)CC1.O=CCn1c(=O)ccc2cnccc21.O=c1ccc2cnccc2n1CC1OCCO1. The molecule has 10 rings (SSSR count). The number of carbonyl (C=O) groups is 2. The minimum atomic E-state index is -0.579. The molecule has 2 saturated heterocycles. The molecule has 2 fully saturated rings. The van der Waals surface area contributed by atoms with Gasteiger partial charge in [-0.25, -0.2) is 4.79 Å². The summed E-state index contributed by atoms with van der Waals surface area (Å²) in [7, 11) is 0.